The highest BCUT2D eigenvalue weighted by atomic mass is 15.4. The van der Waals surface area contributed by atoms with Crippen LogP contribution in [0.4, 0.5) is 0 Å². The van der Waals surface area contributed by atoms with Crippen LogP contribution in [0.15, 0.2) is 29.4 Å². The summed E-state index contributed by atoms with van der Waals surface area (Å²) in [6.07, 6.45) is 1.71. The topological polar surface area (TPSA) is 82.0 Å². The second kappa shape index (κ2) is 4.95. The minimum Gasteiger partial charge on any atom is -0.368 e. The molecule has 0 aromatic carbocycles. The number of aromatic nitrogens is 4. The van der Waals surface area contributed by atoms with Crippen molar-refractivity contribution in [2.24, 2.45) is 10.7 Å². The molecule has 94 valence electrons. The van der Waals surface area contributed by atoms with Gasteiger partial charge in [-0.25, -0.2) is 9.98 Å². The molecule has 18 heavy (non-hydrogen) atoms. The van der Waals surface area contributed by atoms with Crippen LogP contribution in [-0.4, -0.2) is 31.7 Å². The highest BCUT2D eigenvalue weighted by Crippen LogP contribution is 2.11. The Balaban J connectivity index is 2.39. The molecule has 0 bridgehead atoms. The van der Waals surface area contributed by atoms with E-state index in [9.17, 15) is 0 Å². The van der Waals surface area contributed by atoms with E-state index in [-0.39, 0.29) is 6.04 Å². The van der Waals surface area contributed by atoms with Gasteiger partial charge in [0.05, 0.1) is 0 Å². The van der Waals surface area contributed by atoms with Gasteiger partial charge in [-0.05, 0) is 32.9 Å². The minimum absolute atomic E-state index is 0.118. The van der Waals surface area contributed by atoms with Gasteiger partial charge in [0.1, 0.15) is 11.5 Å². The number of nitrogens with zero attached hydrogens (tertiary/aromatic N) is 5. The van der Waals surface area contributed by atoms with Crippen molar-refractivity contribution in [3.05, 3.63) is 30.2 Å². The van der Waals surface area contributed by atoms with Gasteiger partial charge in [0.15, 0.2) is 0 Å². The summed E-state index contributed by atoms with van der Waals surface area (Å²) in [5.74, 6) is 1.59. The molecular formula is C12H16N6. The van der Waals surface area contributed by atoms with Gasteiger partial charge in [0.2, 0.25) is 11.8 Å². The summed E-state index contributed by atoms with van der Waals surface area (Å²) in [4.78, 5) is 12.8. The molecule has 0 aliphatic heterocycles. The van der Waals surface area contributed by atoms with Crippen LogP contribution < -0.4 is 5.73 Å². The number of pyridine rings is 1. The van der Waals surface area contributed by atoms with Gasteiger partial charge in [0.25, 0.3) is 0 Å². The van der Waals surface area contributed by atoms with Crippen LogP contribution in [0, 0.1) is 6.92 Å². The molecule has 0 unspecified atom stereocenters. The predicted octanol–water partition coefficient (Wildman–Crippen LogP) is 1.22. The molecule has 0 fully saturated rings. The fraction of sp³-hybridized carbons (Fsp3) is 0.333. The van der Waals surface area contributed by atoms with E-state index in [1.165, 1.54) is 4.68 Å². The van der Waals surface area contributed by atoms with E-state index in [1.807, 2.05) is 39.0 Å². The fourth-order valence-electron chi connectivity index (χ4n) is 1.53. The SMILES string of the molecule is Cc1nc(-c2ccccn2)nn1/C(N)=N\C(C)C. The highest BCUT2D eigenvalue weighted by Gasteiger charge is 2.11. The molecule has 2 aromatic rings. The van der Waals surface area contributed by atoms with E-state index in [2.05, 4.69) is 20.1 Å². The van der Waals surface area contributed by atoms with Crippen molar-refractivity contribution in [1.29, 1.82) is 0 Å². The van der Waals surface area contributed by atoms with Crippen molar-refractivity contribution in [1.82, 2.24) is 19.7 Å². The molecule has 0 spiro atoms. The van der Waals surface area contributed by atoms with E-state index >= 15 is 0 Å². The number of nitrogens with two attached hydrogens (primary N) is 1. The number of rotatable bonds is 2. The van der Waals surface area contributed by atoms with Crippen LogP contribution in [0.5, 0.6) is 0 Å². The van der Waals surface area contributed by atoms with Crippen molar-refractivity contribution in [3.8, 4) is 11.5 Å². The molecule has 6 heteroatoms. The molecule has 2 heterocycles. The Hall–Kier alpha value is -2.24. The molecule has 0 atom stereocenters. The van der Waals surface area contributed by atoms with Crippen LogP contribution in [0.25, 0.3) is 11.5 Å². The summed E-state index contributed by atoms with van der Waals surface area (Å²) in [6.45, 7) is 5.75. The standard InChI is InChI=1S/C12H16N6/c1-8(2)15-12(13)18-9(3)16-11(17-18)10-6-4-5-7-14-10/h4-8H,1-3H3,(H2,13,15). The van der Waals surface area contributed by atoms with Crippen LogP contribution in [-0.2, 0) is 0 Å². The molecule has 2 N–H and O–H groups in total. The maximum absolute atomic E-state index is 5.88. The third-order valence-electron chi connectivity index (χ3n) is 2.27. The first-order chi connectivity index (χ1) is 8.58. The third kappa shape index (κ3) is 2.53. The van der Waals surface area contributed by atoms with Gasteiger partial charge in [-0.15, -0.1) is 5.10 Å². The van der Waals surface area contributed by atoms with E-state index in [4.69, 9.17) is 5.73 Å². The summed E-state index contributed by atoms with van der Waals surface area (Å²) in [5.41, 5.74) is 6.60. The van der Waals surface area contributed by atoms with E-state index in [1.54, 1.807) is 6.20 Å². The smallest absolute Gasteiger partial charge is 0.218 e. The maximum Gasteiger partial charge on any atom is 0.218 e. The second-order valence-corrected chi connectivity index (χ2v) is 4.19. The lowest BCUT2D eigenvalue weighted by Gasteiger charge is -2.03. The maximum atomic E-state index is 5.88. The summed E-state index contributed by atoms with van der Waals surface area (Å²) >= 11 is 0. The van der Waals surface area contributed by atoms with Crippen molar-refractivity contribution in [2.45, 2.75) is 26.8 Å². The Labute approximate surface area is 106 Å². The lowest BCUT2D eigenvalue weighted by atomic mass is 10.3. The largest absolute Gasteiger partial charge is 0.368 e. The average molecular weight is 244 g/mol. The highest BCUT2D eigenvalue weighted by molar-refractivity contribution is 5.80. The van der Waals surface area contributed by atoms with Gasteiger partial charge in [-0.3, -0.25) is 4.98 Å². The van der Waals surface area contributed by atoms with E-state index < -0.39 is 0 Å². The Morgan fingerprint density at radius 2 is 2.17 bits per heavy atom. The molecule has 0 aliphatic carbocycles. The molecule has 0 saturated heterocycles. The third-order valence-corrected chi connectivity index (χ3v) is 2.27. The summed E-state index contributed by atoms with van der Waals surface area (Å²) in [5, 5.41) is 4.32. The van der Waals surface area contributed by atoms with Gasteiger partial charge < -0.3 is 5.73 Å². The van der Waals surface area contributed by atoms with Crippen LogP contribution in [0.1, 0.15) is 19.7 Å². The molecule has 6 nitrogen and oxygen atoms in total. The minimum atomic E-state index is 0.118. The second-order valence-electron chi connectivity index (χ2n) is 4.19. The zero-order chi connectivity index (χ0) is 13.1. The first kappa shape index (κ1) is 12.2. The summed E-state index contributed by atoms with van der Waals surface area (Å²) in [6, 6.07) is 5.72. The van der Waals surface area contributed by atoms with Gasteiger partial charge in [0, 0.05) is 12.2 Å². The van der Waals surface area contributed by atoms with Crippen LogP contribution in [0.3, 0.4) is 0 Å². The molecule has 2 rings (SSSR count). The van der Waals surface area contributed by atoms with Crippen LogP contribution in [0.2, 0.25) is 0 Å². The number of aryl methyl sites for hydroxylation is 1. The Morgan fingerprint density at radius 3 is 2.78 bits per heavy atom. The first-order valence-electron chi connectivity index (χ1n) is 5.76. The van der Waals surface area contributed by atoms with Gasteiger partial charge >= 0.3 is 0 Å². The molecule has 0 aliphatic rings. The van der Waals surface area contributed by atoms with Gasteiger partial charge in [-0.1, -0.05) is 6.07 Å². The molecule has 0 saturated carbocycles. The van der Waals surface area contributed by atoms with Crippen molar-refractivity contribution in [3.63, 3.8) is 0 Å². The van der Waals surface area contributed by atoms with Crippen molar-refractivity contribution in [2.75, 3.05) is 0 Å². The van der Waals surface area contributed by atoms with E-state index in [0.717, 1.165) is 5.69 Å². The Morgan fingerprint density at radius 1 is 1.39 bits per heavy atom. The number of hydrogen-bond acceptors (Lipinski definition) is 4. The summed E-state index contributed by atoms with van der Waals surface area (Å²) < 4.78 is 1.53. The average Bonchev–Trinajstić information content (AvgIpc) is 2.72. The lowest BCUT2D eigenvalue weighted by Crippen LogP contribution is -2.26. The molecule has 2 aromatic heterocycles. The van der Waals surface area contributed by atoms with Gasteiger partial charge in [-0.2, -0.15) is 4.68 Å². The van der Waals surface area contributed by atoms with E-state index in [0.29, 0.717) is 17.6 Å². The number of aliphatic imine (C=N–C) groups is 1. The molecular weight excluding hydrogens is 228 g/mol. The zero-order valence-electron chi connectivity index (χ0n) is 10.7. The number of hydrogen-bond donors (Lipinski definition) is 1. The van der Waals surface area contributed by atoms with Crippen molar-refractivity contribution < 1.29 is 0 Å². The normalized spacial score (nSPS) is 12.1. The zero-order valence-corrected chi connectivity index (χ0v) is 10.7. The Kier molecular flexibility index (Phi) is 3.36. The molecule has 0 amide bonds. The van der Waals surface area contributed by atoms with Crippen LogP contribution >= 0.6 is 0 Å². The quantitative estimate of drug-likeness (QED) is 0.636. The first-order valence-corrected chi connectivity index (χ1v) is 5.76. The molecule has 0 radical (unpaired) electrons. The van der Waals surface area contributed by atoms with Crippen molar-refractivity contribution >= 4 is 5.96 Å². The fourth-order valence-corrected chi connectivity index (χ4v) is 1.53. The monoisotopic (exact) mass is 244 g/mol. The Bertz CT molecular complexity index is 555. The predicted molar refractivity (Wildman–Crippen MR) is 70.1 cm³/mol. The lowest BCUT2D eigenvalue weighted by molar-refractivity contribution is 0.795. The summed E-state index contributed by atoms with van der Waals surface area (Å²) in [7, 11) is 0.